The fourth-order valence-electron chi connectivity index (χ4n) is 2.78. The maximum atomic E-state index is 12.6. The van der Waals surface area contributed by atoms with E-state index in [0.717, 1.165) is 5.56 Å². The maximum Gasteiger partial charge on any atom is 0.252 e. The van der Waals surface area contributed by atoms with E-state index in [4.69, 9.17) is 4.42 Å². The number of amides is 1. The molecule has 0 saturated carbocycles. The summed E-state index contributed by atoms with van der Waals surface area (Å²) in [4.78, 5) is 32.2. The van der Waals surface area contributed by atoms with Gasteiger partial charge in [0.05, 0.1) is 12.0 Å². The number of H-pyrrole nitrogens is 1. The third-order valence-corrected chi connectivity index (χ3v) is 4.41. The van der Waals surface area contributed by atoms with Crippen molar-refractivity contribution < 1.29 is 9.21 Å². The summed E-state index contributed by atoms with van der Waals surface area (Å²) in [6, 6.07) is 16.0. The molecule has 0 fully saturated rings. The van der Waals surface area contributed by atoms with Gasteiger partial charge in [-0.25, -0.2) is 4.98 Å². The van der Waals surface area contributed by atoms with Gasteiger partial charge >= 0.3 is 0 Å². The number of rotatable bonds is 4. The Hall–Kier alpha value is -3.94. The van der Waals surface area contributed by atoms with Crippen molar-refractivity contribution in [2.24, 2.45) is 5.41 Å². The van der Waals surface area contributed by atoms with Gasteiger partial charge in [-0.15, -0.1) is 0 Å². The summed E-state index contributed by atoms with van der Waals surface area (Å²) in [5.74, 6) is 0.885. The van der Waals surface area contributed by atoms with Crippen LogP contribution < -0.4 is 10.9 Å². The number of aromatic nitrogens is 4. The summed E-state index contributed by atoms with van der Waals surface area (Å²) < 4.78 is 6.83. The summed E-state index contributed by atoms with van der Waals surface area (Å²) in [7, 11) is 0. The first-order chi connectivity index (χ1) is 14.3. The van der Waals surface area contributed by atoms with E-state index in [1.165, 1.54) is 17.0 Å². The number of hydrogen-bond donors (Lipinski definition) is 2. The fraction of sp³-hybridized carbons (Fsp3) is 0.182. The molecule has 0 aliphatic heterocycles. The zero-order chi connectivity index (χ0) is 21.3. The molecule has 0 spiro atoms. The largest absolute Gasteiger partial charge is 0.463 e. The van der Waals surface area contributed by atoms with Gasteiger partial charge < -0.3 is 9.73 Å². The highest BCUT2D eigenvalue weighted by Gasteiger charge is 2.24. The smallest absolute Gasteiger partial charge is 0.252 e. The van der Waals surface area contributed by atoms with E-state index in [0.29, 0.717) is 23.0 Å². The van der Waals surface area contributed by atoms with E-state index in [2.05, 4.69) is 20.4 Å². The molecular weight excluding hydrogens is 382 g/mol. The van der Waals surface area contributed by atoms with Crippen LogP contribution in [-0.4, -0.2) is 25.7 Å². The summed E-state index contributed by atoms with van der Waals surface area (Å²) in [6.45, 7) is 5.44. The molecule has 0 radical (unpaired) electrons. The maximum absolute atomic E-state index is 12.6. The first-order valence-corrected chi connectivity index (χ1v) is 9.44. The molecule has 1 amide bonds. The predicted molar refractivity (Wildman–Crippen MR) is 113 cm³/mol. The van der Waals surface area contributed by atoms with Crippen molar-refractivity contribution in [2.45, 2.75) is 20.8 Å². The van der Waals surface area contributed by atoms with Crippen molar-refractivity contribution in [3.05, 3.63) is 71.2 Å². The van der Waals surface area contributed by atoms with Crippen molar-refractivity contribution in [3.8, 4) is 28.7 Å². The normalized spacial score (nSPS) is 11.4. The number of hydrogen-bond acceptors (Lipinski definition) is 5. The molecule has 1 aromatic carbocycles. The molecule has 2 N–H and O–H groups in total. The van der Waals surface area contributed by atoms with Gasteiger partial charge in [-0.2, -0.15) is 9.78 Å². The first-order valence-electron chi connectivity index (χ1n) is 9.44. The highest BCUT2D eigenvalue weighted by Crippen LogP contribution is 2.26. The van der Waals surface area contributed by atoms with E-state index in [1.54, 1.807) is 18.2 Å². The third-order valence-electron chi connectivity index (χ3n) is 4.41. The van der Waals surface area contributed by atoms with Gasteiger partial charge in [-0.1, -0.05) is 51.1 Å². The highest BCUT2D eigenvalue weighted by molar-refractivity contribution is 5.94. The molecular formula is C22H21N5O3. The van der Waals surface area contributed by atoms with Crippen LogP contribution in [0.15, 0.2) is 70.1 Å². The summed E-state index contributed by atoms with van der Waals surface area (Å²) in [5, 5.41) is 7.38. The SMILES string of the molecule is CC(C)(C)C(=O)Nc1cc(-c2ccco2)nn1-c1nc(-c2ccccc2)cc(=O)[nH]1. The Labute approximate surface area is 172 Å². The van der Waals surface area contributed by atoms with Crippen LogP contribution in [0.1, 0.15) is 20.8 Å². The van der Waals surface area contributed by atoms with E-state index in [-0.39, 0.29) is 17.4 Å². The second-order valence-corrected chi connectivity index (χ2v) is 7.83. The molecule has 30 heavy (non-hydrogen) atoms. The standard InChI is InChI=1S/C22H21N5O3/c1-22(2,3)20(29)24-18-12-16(17-10-7-11-30-17)26-27(18)21-23-15(13-19(28)25-21)14-8-5-4-6-9-14/h4-13H,1-3H3,(H,24,29)(H,23,25,28). The average Bonchev–Trinajstić information content (AvgIpc) is 3.37. The molecule has 0 aliphatic carbocycles. The Bertz CT molecular complexity index is 1230. The molecule has 0 unspecified atom stereocenters. The van der Waals surface area contributed by atoms with E-state index < -0.39 is 5.41 Å². The number of furan rings is 1. The fourth-order valence-corrected chi connectivity index (χ4v) is 2.78. The van der Waals surface area contributed by atoms with Crippen LogP contribution in [0.25, 0.3) is 28.7 Å². The number of nitrogens with zero attached hydrogens (tertiary/aromatic N) is 3. The summed E-state index contributed by atoms with van der Waals surface area (Å²) >= 11 is 0. The van der Waals surface area contributed by atoms with Crippen LogP contribution in [0.2, 0.25) is 0 Å². The number of nitrogens with one attached hydrogen (secondary N) is 2. The second-order valence-electron chi connectivity index (χ2n) is 7.83. The monoisotopic (exact) mass is 403 g/mol. The lowest BCUT2D eigenvalue weighted by molar-refractivity contribution is -0.123. The topological polar surface area (TPSA) is 106 Å². The number of benzene rings is 1. The Morgan fingerprint density at radius 3 is 2.50 bits per heavy atom. The minimum atomic E-state index is -0.618. The zero-order valence-corrected chi connectivity index (χ0v) is 16.8. The molecule has 0 saturated heterocycles. The Kier molecular flexibility index (Phi) is 4.83. The van der Waals surface area contributed by atoms with Crippen molar-refractivity contribution in [3.63, 3.8) is 0 Å². The summed E-state index contributed by atoms with van der Waals surface area (Å²) in [5.41, 5.74) is 0.840. The number of aromatic amines is 1. The van der Waals surface area contributed by atoms with Crippen LogP contribution in [0.5, 0.6) is 0 Å². The van der Waals surface area contributed by atoms with Crippen molar-refractivity contribution in [2.75, 3.05) is 5.32 Å². The van der Waals surface area contributed by atoms with Gasteiger partial charge in [0.1, 0.15) is 11.5 Å². The number of carbonyl (C=O) groups is 1. The van der Waals surface area contributed by atoms with Gasteiger partial charge in [0.25, 0.3) is 5.56 Å². The molecule has 8 nitrogen and oxygen atoms in total. The third kappa shape index (κ3) is 3.93. The quantitative estimate of drug-likeness (QED) is 0.538. The van der Waals surface area contributed by atoms with Crippen LogP contribution in [0, 0.1) is 5.41 Å². The second kappa shape index (κ2) is 7.47. The molecule has 0 aliphatic rings. The lowest BCUT2D eigenvalue weighted by Gasteiger charge is -2.17. The van der Waals surface area contributed by atoms with Crippen molar-refractivity contribution in [1.29, 1.82) is 0 Å². The van der Waals surface area contributed by atoms with Crippen molar-refractivity contribution >= 4 is 11.7 Å². The molecule has 0 bridgehead atoms. The van der Waals surface area contributed by atoms with Gasteiger partial charge in [0, 0.05) is 23.1 Å². The molecule has 152 valence electrons. The van der Waals surface area contributed by atoms with Gasteiger partial charge in [-0.05, 0) is 12.1 Å². The molecule has 4 aromatic rings. The van der Waals surface area contributed by atoms with Crippen LogP contribution >= 0.6 is 0 Å². The number of carbonyl (C=O) groups excluding carboxylic acids is 1. The van der Waals surface area contributed by atoms with E-state index in [1.807, 2.05) is 51.1 Å². The molecule has 8 heteroatoms. The lowest BCUT2D eigenvalue weighted by Crippen LogP contribution is -2.29. The molecule has 4 rings (SSSR count). The summed E-state index contributed by atoms with van der Waals surface area (Å²) in [6.07, 6.45) is 1.54. The van der Waals surface area contributed by atoms with Crippen LogP contribution in [-0.2, 0) is 4.79 Å². The minimum Gasteiger partial charge on any atom is -0.463 e. The average molecular weight is 403 g/mol. The van der Waals surface area contributed by atoms with E-state index >= 15 is 0 Å². The van der Waals surface area contributed by atoms with Gasteiger partial charge in [0.15, 0.2) is 5.76 Å². The molecule has 3 heterocycles. The molecule has 0 atom stereocenters. The van der Waals surface area contributed by atoms with Crippen LogP contribution in [0.3, 0.4) is 0 Å². The zero-order valence-electron chi connectivity index (χ0n) is 16.8. The van der Waals surface area contributed by atoms with Crippen LogP contribution in [0.4, 0.5) is 5.82 Å². The Morgan fingerprint density at radius 1 is 1.07 bits per heavy atom. The predicted octanol–water partition coefficient (Wildman–Crippen LogP) is 3.87. The lowest BCUT2D eigenvalue weighted by atomic mass is 9.96. The van der Waals surface area contributed by atoms with Gasteiger partial charge in [0.2, 0.25) is 11.9 Å². The van der Waals surface area contributed by atoms with E-state index in [9.17, 15) is 9.59 Å². The highest BCUT2D eigenvalue weighted by atomic mass is 16.3. The van der Waals surface area contributed by atoms with Crippen molar-refractivity contribution in [1.82, 2.24) is 19.7 Å². The first kappa shape index (κ1) is 19.4. The Balaban J connectivity index is 1.84. The molecule has 3 aromatic heterocycles. The Morgan fingerprint density at radius 2 is 1.83 bits per heavy atom. The number of anilines is 1. The minimum absolute atomic E-state index is 0.184. The van der Waals surface area contributed by atoms with Gasteiger partial charge in [-0.3, -0.25) is 14.6 Å².